The Hall–Kier alpha value is -0.830. The van der Waals surface area contributed by atoms with Crippen molar-refractivity contribution >= 4 is 22.1 Å². The van der Waals surface area contributed by atoms with Crippen LogP contribution in [0.25, 0.3) is 0 Å². The molecular weight excluding hydrogens is 170 g/mol. The molecule has 0 fully saturated rings. The standard InChI is InChI=1S/C9H13NOS/c1-5(2)7-4-12-9(10)8(7)6(3)11/h4-5H,10H2,1-3H3. The minimum atomic E-state index is 0.0671. The van der Waals surface area contributed by atoms with Crippen LogP contribution in [0.1, 0.15) is 42.6 Å². The summed E-state index contributed by atoms with van der Waals surface area (Å²) in [5, 5.41) is 2.61. The summed E-state index contributed by atoms with van der Waals surface area (Å²) in [6, 6.07) is 0. The predicted octanol–water partition coefficient (Wildman–Crippen LogP) is 2.66. The van der Waals surface area contributed by atoms with Crippen molar-refractivity contribution in [2.24, 2.45) is 0 Å². The first-order valence-corrected chi connectivity index (χ1v) is 4.79. The van der Waals surface area contributed by atoms with Gasteiger partial charge in [-0.05, 0) is 23.8 Å². The van der Waals surface area contributed by atoms with Gasteiger partial charge in [0.05, 0.1) is 10.6 Å². The van der Waals surface area contributed by atoms with Crippen LogP contribution < -0.4 is 5.73 Å². The first-order valence-electron chi connectivity index (χ1n) is 3.91. The van der Waals surface area contributed by atoms with Gasteiger partial charge in [0.15, 0.2) is 5.78 Å². The number of hydrogen-bond donors (Lipinski definition) is 1. The van der Waals surface area contributed by atoms with Crippen molar-refractivity contribution in [1.29, 1.82) is 0 Å². The summed E-state index contributed by atoms with van der Waals surface area (Å²) in [6.07, 6.45) is 0. The normalized spacial score (nSPS) is 10.7. The van der Waals surface area contributed by atoms with Crippen molar-refractivity contribution < 1.29 is 4.79 Å². The quantitative estimate of drug-likeness (QED) is 0.716. The van der Waals surface area contributed by atoms with Crippen molar-refractivity contribution in [1.82, 2.24) is 0 Å². The van der Waals surface area contributed by atoms with Crippen molar-refractivity contribution in [3.8, 4) is 0 Å². The van der Waals surface area contributed by atoms with E-state index in [1.54, 1.807) is 6.92 Å². The van der Waals surface area contributed by atoms with Gasteiger partial charge in [0.1, 0.15) is 0 Å². The smallest absolute Gasteiger partial charge is 0.163 e. The van der Waals surface area contributed by atoms with Gasteiger partial charge in [-0.3, -0.25) is 4.79 Å². The highest BCUT2D eigenvalue weighted by Gasteiger charge is 2.15. The zero-order valence-corrected chi connectivity index (χ0v) is 8.37. The topological polar surface area (TPSA) is 43.1 Å². The van der Waals surface area contributed by atoms with Gasteiger partial charge < -0.3 is 5.73 Å². The molecular formula is C9H13NOS. The fourth-order valence-corrected chi connectivity index (χ4v) is 2.21. The third-order valence-corrected chi connectivity index (χ3v) is 2.65. The van der Waals surface area contributed by atoms with Gasteiger partial charge in [-0.2, -0.15) is 0 Å². The van der Waals surface area contributed by atoms with Crippen LogP contribution in [-0.2, 0) is 0 Å². The molecule has 0 saturated carbocycles. The number of thiophene rings is 1. The summed E-state index contributed by atoms with van der Waals surface area (Å²) in [7, 11) is 0. The summed E-state index contributed by atoms with van der Waals surface area (Å²) in [5.41, 5.74) is 7.47. The summed E-state index contributed by atoms with van der Waals surface area (Å²) >= 11 is 1.44. The number of carbonyl (C=O) groups excluding carboxylic acids is 1. The molecule has 66 valence electrons. The second-order valence-electron chi connectivity index (χ2n) is 3.14. The van der Waals surface area contributed by atoms with E-state index >= 15 is 0 Å². The van der Waals surface area contributed by atoms with Crippen LogP contribution in [0.15, 0.2) is 5.38 Å². The van der Waals surface area contributed by atoms with Crippen molar-refractivity contribution in [3.63, 3.8) is 0 Å². The number of nitrogens with two attached hydrogens (primary N) is 1. The predicted molar refractivity (Wildman–Crippen MR) is 52.8 cm³/mol. The Labute approximate surface area is 76.4 Å². The van der Waals surface area contributed by atoms with E-state index < -0.39 is 0 Å². The van der Waals surface area contributed by atoms with Gasteiger partial charge in [0.2, 0.25) is 0 Å². The molecule has 12 heavy (non-hydrogen) atoms. The fraction of sp³-hybridized carbons (Fsp3) is 0.444. The highest BCUT2D eigenvalue weighted by atomic mass is 32.1. The molecule has 0 aliphatic carbocycles. The van der Waals surface area contributed by atoms with Gasteiger partial charge >= 0.3 is 0 Å². The molecule has 0 unspecified atom stereocenters. The molecule has 1 heterocycles. The minimum Gasteiger partial charge on any atom is -0.390 e. The molecule has 0 radical (unpaired) electrons. The Morgan fingerprint density at radius 2 is 2.17 bits per heavy atom. The first-order chi connectivity index (χ1) is 5.54. The lowest BCUT2D eigenvalue weighted by Crippen LogP contribution is -2.00. The monoisotopic (exact) mass is 183 g/mol. The summed E-state index contributed by atoms with van der Waals surface area (Å²) in [5.74, 6) is 0.440. The lowest BCUT2D eigenvalue weighted by molar-refractivity contribution is 0.101. The van der Waals surface area contributed by atoms with Crippen LogP contribution in [-0.4, -0.2) is 5.78 Å². The second-order valence-corrected chi connectivity index (χ2v) is 4.05. The van der Waals surface area contributed by atoms with Crippen LogP contribution in [0.5, 0.6) is 0 Å². The third kappa shape index (κ3) is 1.50. The molecule has 3 heteroatoms. The Kier molecular flexibility index (Phi) is 2.52. The summed E-state index contributed by atoms with van der Waals surface area (Å²) < 4.78 is 0. The van der Waals surface area contributed by atoms with E-state index in [-0.39, 0.29) is 5.78 Å². The van der Waals surface area contributed by atoms with E-state index in [1.165, 1.54) is 11.3 Å². The largest absolute Gasteiger partial charge is 0.390 e. The Morgan fingerprint density at radius 3 is 2.50 bits per heavy atom. The number of carbonyl (C=O) groups is 1. The number of hydrogen-bond acceptors (Lipinski definition) is 3. The molecule has 0 aromatic carbocycles. The van der Waals surface area contributed by atoms with Crippen molar-refractivity contribution in [3.05, 3.63) is 16.5 Å². The van der Waals surface area contributed by atoms with Crippen molar-refractivity contribution in [2.45, 2.75) is 26.7 Å². The molecule has 0 spiro atoms. The molecule has 0 aliphatic rings. The lowest BCUT2D eigenvalue weighted by atomic mass is 10.00. The highest BCUT2D eigenvalue weighted by molar-refractivity contribution is 7.14. The van der Waals surface area contributed by atoms with E-state index in [1.807, 2.05) is 5.38 Å². The van der Waals surface area contributed by atoms with E-state index in [0.717, 1.165) is 11.1 Å². The van der Waals surface area contributed by atoms with E-state index in [9.17, 15) is 4.79 Å². The molecule has 1 aromatic heterocycles. The Balaban J connectivity index is 3.21. The van der Waals surface area contributed by atoms with Gasteiger partial charge in [-0.1, -0.05) is 13.8 Å². The first kappa shape index (κ1) is 9.26. The molecule has 1 aromatic rings. The van der Waals surface area contributed by atoms with Crippen LogP contribution in [0.2, 0.25) is 0 Å². The molecule has 1 rings (SSSR count). The molecule has 0 bridgehead atoms. The van der Waals surface area contributed by atoms with Crippen LogP contribution in [0.4, 0.5) is 5.00 Å². The molecule has 2 N–H and O–H groups in total. The number of nitrogen functional groups attached to an aromatic ring is 1. The molecule has 0 amide bonds. The fourth-order valence-electron chi connectivity index (χ4n) is 1.19. The molecule has 0 aliphatic heterocycles. The van der Waals surface area contributed by atoms with Crippen molar-refractivity contribution in [2.75, 3.05) is 5.73 Å². The molecule has 2 nitrogen and oxygen atoms in total. The van der Waals surface area contributed by atoms with Gasteiger partial charge in [-0.15, -0.1) is 11.3 Å². The maximum atomic E-state index is 11.2. The Bertz CT molecular complexity index is 301. The van der Waals surface area contributed by atoms with Gasteiger partial charge in [-0.25, -0.2) is 0 Å². The van der Waals surface area contributed by atoms with Crippen LogP contribution >= 0.6 is 11.3 Å². The minimum absolute atomic E-state index is 0.0671. The van der Waals surface area contributed by atoms with E-state index in [2.05, 4.69) is 13.8 Å². The number of Topliss-reactive ketones (excluding diaryl/α,β-unsaturated/α-hetero) is 1. The van der Waals surface area contributed by atoms with Gasteiger partial charge in [0.25, 0.3) is 0 Å². The van der Waals surface area contributed by atoms with Gasteiger partial charge in [0, 0.05) is 0 Å². The van der Waals surface area contributed by atoms with Crippen LogP contribution in [0.3, 0.4) is 0 Å². The maximum absolute atomic E-state index is 11.2. The summed E-state index contributed by atoms with van der Waals surface area (Å²) in [6.45, 7) is 5.69. The average Bonchev–Trinajstić information content (AvgIpc) is 2.30. The molecule has 0 atom stereocenters. The second kappa shape index (κ2) is 3.27. The Morgan fingerprint density at radius 1 is 1.58 bits per heavy atom. The number of rotatable bonds is 2. The third-order valence-electron chi connectivity index (χ3n) is 1.82. The zero-order chi connectivity index (χ0) is 9.30. The average molecular weight is 183 g/mol. The lowest BCUT2D eigenvalue weighted by Gasteiger charge is -2.04. The number of anilines is 1. The number of ketones is 1. The highest BCUT2D eigenvalue weighted by Crippen LogP contribution is 2.30. The maximum Gasteiger partial charge on any atom is 0.163 e. The van der Waals surface area contributed by atoms with E-state index in [4.69, 9.17) is 5.73 Å². The molecule has 0 saturated heterocycles. The van der Waals surface area contributed by atoms with Crippen LogP contribution in [0, 0.1) is 0 Å². The SMILES string of the molecule is CC(=O)c1c(C(C)C)csc1N. The van der Waals surface area contributed by atoms with E-state index in [0.29, 0.717) is 10.9 Å². The zero-order valence-electron chi connectivity index (χ0n) is 7.55. The summed E-state index contributed by atoms with van der Waals surface area (Å²) in [4.78, 5) is 11.2.